The Hall–Kier alpha value is -2.64. The Morgan fingerprint density at radius 2 is 2.30 bits per heavy atom. The zero-order valence-electron chi connectivity index (χ0n) is 10.7. The van der Waals surface area contributed by atoms with Gasteiger partial charge in [0.2, 0.25) is 17.6 Å². The van der Waals surface area contributed by atoms with Gasteiger partial charge < -0.3 is 19.4 Å². The number of amides is 1. The summed E-state index contributed by atoms with van der Waals surface area (Å²) < 4.78 is 9.89. The molecule has 0 saturated carbocycles. The molecule has 8 nitrogen and oxygen atoms in total. The minimum Gasteiger partial charge on any atom is -0.480 e. The summed E-state index contributed by atoms with van der Waals surface area (Å²) in [6, 6.07) is 0.766. The highest BCUT2D eigenvalue weighted by Gasteiger charge is 2.15. The van der Waals surface area contributed by atoms with E-state index in [0.717, 1.165) is 0 Å². The van der Waals surface area contributed by atoms with Gasteiger partial charge in [0, 0.05) is 12.8 Å². The molecule has 8 heteroatoms. The summed E-state index contributed by atoms with van der Waals surface area (Å²) in [6.45, 7) is 1.39. The monoisotopic (exact) mass is 279 g/mol. The fourth-order valence-corrected chi connectivity index (χ4v) is 1.46. The lowest BCUT2D eigenvalue weighted by atomic mass is 10.2. The van der Waals surface area contributed by atoms with Crippen molar-refractivity contribution in [1.29, 1.82) is 0 Å². The number of nitrogens with one attached hydrogen (secondary N) is 1. The number of nitrogens with zero attached hydrogens (tertiary/aromatic N) is 2. The van der Waals surface area contributed by atoms with Gasteiger partial charge >= 0.3 is 5.97 Å². The molecule has 0 unspecified atom stereocenters. The summed E-state index contributed by atoms with van der Waals surface area (Å²) >= 11 is 0. The third-order valence-corrected chi connectivity index (χ3v) is 2.56. The lowest BCUT2D eigenvalue weighted by Crippen LogP contribution is -2.38. The summed E-state index contributed by atoms with van der Waals surface area (Å²) in [5, 5.41) is 14.8. The van der Waals surface area contributed by atoms with E-state index in [2.05, 4.69) is 15.5 Å². The number of aliphatic carboxylic acids is 1. The van der Waals surface area contributed by atoms with Crippen LogP contribution in [0.2, 0.25) is 0 Å². The van der Waals surface area contributed by atoms with E-state index >= 15 is 0 Å². The lowest BCUT2D eigenvalue weighted by molar-refractivity contribution is -0.141. The molecule has 2 heterocycles. The van der Waals surface area contributed by atoms with E-state index in [0.29, 0.717) is 17.3 Å². The van der Waals surface area contributed by atoms with Crippen LogP contribution in [0.5, 0.6) is 0 Å². The molecule has 0 aliphatic rings. The molecule has 2 rings (SSSR count). The van der Waals surface area contributed by atoms with Crippen LogP contribution < -0.4 is 5.32 Å². The van der Waals surface area contributed by atoms with Crippen LogP contribution in [0.3, 0.4) is 0 Å². The van der Waals surface area contributed by atoms with Crippen LogP contribution in [0, 0.1) is 0 Å². The molecule has 0 aliphatic heterocycles. The summed E-state index contributed by atoms with van der Waals surface area (Å²) in [4.78, 5) is 26.2. The first-order valence-electron chi connectivity index (χ1n) is 5.93. The molecule has 20 heavy (non-hydrogen) atoms. The maximum atomic E-state index is 11.5. The van der Waals surface area contributed by atoms with Crippen LogP contribution >= 0.6 is 0 Å². The van der Waals surface area contributed by atoms with Crippen molar-refractivity contribution < 1.29 is 23.6 Å². The highest BCUT2D eigenvalue weighted by molar-refractivity contribution is 5.83. The molecule has 0 saturated heterocycles. The van der Waals surface area contributed by atoms with Gasteiger partial charge in [0.05, 0.1) is 11.8 Å². The zero-order valence-corrected chi connectivity index (χ0v) is 10.7. The van der Waals surface area contributed by atoms with Gasteiger partial charge in [-0.25, -0.2) is 0 Å². The van der Waals surface area contributed by atoms with Gasteiger partial charge in [-0.05, 0) is 13.0 Å². The summed E-state index contributed by atoms with van der Waals surface area (Å²) in [5.41, 5.74) is 0.684. The lowest BCUT2D eigenvalue weighted by Gasteiger charge is -2.07. The third kappa shape index (κ3) is 3.44. The fourth-order valence-electron chi connectivity index (χ4n) is 1.46. The third-order valence-electron chi connectivity index (χ3n) is 2.56. The van der Waals surface area contributed by atoms with Gasteiger partial charge in [-0.15, -0.1) is 0 Å². The van der Waals surface area contributed by atoms with E-state index in [9.17, 15) is 9.59 Å². The Bertz CT molecular complexity index is 590. The van der Waals surface area contributed by atoms with E-state index < -0.39 is 12.0 Å². The maximum Gasteiger partial charge on any atom is 0.325 e. The molecule has 1 amide bonds. The minimum atomic E-state index is -1.08. The van der Waals surface area contributed by atoms with E-state index in [4.69, 9.17) is 14.0 Å². The Morgan fingerprint density at radius 3 is 2.95 bits per heavy atom. The molecule has 0 fully saturated rings. The average Bonchev–Trinajstić information content (AvgIpc) is 3.07. The Labute approximate surface area is 113 Å². The summed E-state index contributed by atoms with van der Waals surface area (Å²) in [7, 11) is 0. The number of carboxylic acid groups (broad SMARTS) is 1. The minimum absolute atomic E-state index is 0.0740. The number of carbonyl (C=O) groups is 2. The second-order valence-corrected chi connectivity index (χ2v) is 4.15. The van der Waals surface area contributed by atoms with Crippen molar-refractivity contribution in [3.05, 3.63) is 24.5 Å². The van der Waals surface area contributed by atoms with Gasteiger partial charge in [0.25, 0.3) is 0 Å². The fraction of sp³-hybridized carbons (Fsp3) is 0.333. The Morgan fingerprint density at radius 1 is 1.50 bits per heavy atom. The molecule has 106 valence electrons. The standard InChI is InChI=1S/C12H13N3O5/c1-7(12(17)18)13-9(16)2-3-10-14-11(15-20-10)8-4-5-19-6-8/h4-7H,2-3H2,1H3,(H,13,16)(H,17,18)/t7-/m1/s1. The summed E-state index contributed by atoms with van der Waals surface area (Å²) in [5.74, 6) is -0.784. The maximum absolute atomic E-state index is 11.5. The molecule has 0 aliphatic carbocycles. The largest absolute Gasteiger partial charge is 0.480 e. The second kappa shape index (κ2) is 6.00. The van der Waals surface area contributed by atoms with Crippen LogP contribution in [-0.2, 0) is 16.0 Å². The van der Waals surface area contributed by atoms with Crippen molar-refractivity contribution in [3.63, 3.8) is 0 Å². The smallest absolute Gasteiger partial charge is 0.325 e. The van der Waals surface area contributed by atoms with E-state index in [1.165, 1.54) is 19.5 Å². The van der Waals surface area contributed by atoms with Gasteiger partial charge in [0.1, 0.15) is 12.3 Å². The van der Waals surface area contributed by atoms with Crippen LogP contribution in [0.1, 0.15) is 19.2 Å². The molecule has 0 spiro atoms. The number of hydrogen-bond acceptors (Lipinski definition) is 6. The van der Waals surface area contributed by atoms with E-state index in [-0.39, 0.29) is 18.7 Å². The Balaban J connectivity index is 1.86. The number of rotatable bonds is 6. The molecule has 0 radical (unpaired) electrons. The first-order chi connectivity index (χ1) is 9.56. The van der Waals surface area contributed by atoms with Gasteiger partial charge in [0.15, 0.2) is 0 Å². The quantitative estimate of drug-likeness (QED) is 0.804. The second-order valence-electron chi connectivity index (χ2n) is 4.15. The van der Waals surface area contributed by atoms with Crippen molar-refractivity contribution in [1.82, 2.24) is 15.5 Å². The molecular weight excluding hydrogens is 266 g/mol. The first kappa shape index (κ1) is 13.8. The van der Waals surface area contributed by atoms with Crippen molar-refractivity contribution in [2.24, 2.45) is 0 Å². The predicted molar refractivity (Wildman–Crippen MR) is 65.6 cm³/mol. The SMILES string of the molecule is C[C@@H](NC(=O)CCc1nc(-c2ccoc2)no1)C(=O)O. The number of hydrogen-bond donors (Lipinski definition) is 2. The van der Waals surface area contributed by atoms with Crippen molar-refractivity contribution in [2.45, 2.75) is 25.8 Å². The van der Waals surface area contributed by atoms with E-state index in [1.807, 2.05) is 0 Å². The Kier molecular flexibility index (Phi) is 4.14. The van der Waals surface area contributed by atoms with Crippen LogP contribution in [0.15, 0.2) is 27.5 Å². The topological polar surface area (TPSA) is 118 Å². The van der Waals surface area contributed by atoms with Gasteiger partial charge in [-0.3, -0.25) is 9.59 Å². The molecule has 2 N–H and O–H groups in total. The molecule has 2 aromatic heterocycles. The van der Waals surface area contributed by atoms with Gasteiger partial charge in [-0.2, -0.15) is 4.98 Å². The number of furan rings is 1. The first-order valence-corrected chi connectivity index (χ1v) is 5.93. The molecule has 0 bridgehead atoms. The van der Waals surface area contributed by atoms with Crippen LogP contribution in [0.4, 0.5) is 0 Å². The zero-order chi connectivity index (χ0) is 14.5. The van der Waals surface area contributed by atoms with Crippen molar-refractivity contribution >= 4 is 11.9 Å². The molecule has 2 aromatic rings. The number of carbonyl (C=O) groups excluding carboxylic acids is 1. The summed E-state index contributed by atoms with van der Waals surface area (Å²) in [6.07, 6.45) is 3.29. The van der Waals surface area contributed by atoms with Crippen molar-refractivity contribution in [2.75, 3.05) is 0 Å². The average molecular weight is 279 g/mol. The van der Waals surface area contributed by atoms with Crippen LogP contribution in [0.25, 0.3) is 11.4 Å². The van der Waals surface area contributed by atoms with Crippen LogP contribution in [-0.4, -0.2) is 33.2 Å². The molecule has 0 aromatic carbocycles. The number of aromatic nitrogens is 2. The van der Waals surface area contributed by atoms with Gasteiger partial charge in [-0.1, -0.05) is 5.16 Å². The molecular formula is C12H13N3O5. The van der Waals surface area contributed by atoms with E-state index in [1.54, 1.807) is 6.07 Å². The number of aryl methyl sites for hydroxylation is 1. The highest BCUT2D eigenvalue weighted by Crippen LogP contribution is 2.16. The highest BCUT2D eigenvalue weighted by atomic mass is 16.5. The predicted octanol–water partition coefficient (Wildman–Crippen LogP) is 0.851. The molecule has 1 atom stereocenters. The number of carboxylic acids is 1. The van der Waals surface area contributed by atoms with Crippen molar-refractivity contribution in [3.8, 4) is 11.4 Å². The normalized spacial score (nSPS) is 12.1.